The molecule has 2 N–H and O–H groups in total. The summed E-state index contributed by atoms with van der Waals surface area (Å²) in [4.78, 5) is 0. The van der Waals surface area contributed by atoms with Crippen LogP contribution in [0.25, 0.3) is 0 Å². The molecule has 1 rings (SSSR count). The molecule has 1 aromatic rings. The van der Waals surface area contributed by atoms with Crippen LogP contribution in [0.1, 0.15) is 37.3 Å². The number of halogens is 2. The van der Waals surface area contributed by atoms with E-state index in [-0.39, 0.29) is 11.5 Å². The molecule has 0 saturated heterocycles. The lowest BCUT2D eigenvalue weighted by atomic mass is 9.94. The van der Waals surface area contributed by atoms with Crippen LogP contribution in [0, 0.1) is 11.6 Å². The van der Waals surface area contributed by atoms with Crippen molar-refractivity contribution in [2.45, 2.75) is 32.6 Å². The first-order valence-electron chi connectivity index (χ1n) is 5.28. The molecule has 0 bridgehead atoms. The van der Waals surface area contributed by atoms with E-state index in [9.17, 15) is 8.78 Å². The van der Waals surface area contributed by atoms with Crippen LogP contribution < -0.4 is 5.73 Å². The molecule has 84 valence electrons. The highest BCUT2D eigenvalue weighted by atomic mass is 19.1. The smallest absolute Gasteiger partial charge is 0.132 e. The summed E-state index contributed by atoms with van der Waals surface area (Å²) in [7, 11) is 0. The minimum Gasteiger partial charge on any atom is -0.330 e. The minimum atomic E-state index is -0.467. The summed E-state index contributed by atoms with van der Waals surface area (Å²) in [5, 5.41) is 0. The van der Waals surface area contributed by atoms with Crippen LogP contribution in [0.3, 0.4) is 0 Å². The predicted octanol–water partition coefficient (Wildman–Crippen LogP) is 2.98. The van der Waals surface area contributed by atoms with Gasteiger partial charge in [0.05, 0.1) is 0 Å². The van der Waals surface area contributed by atoms with Crippen molar-refractivity contribution in [2.24, 2.45) is 5.73 Å². The molecule has 0 heterocycles. The fourth-order valence-electron chi connectivity index (χ4n) is 1.73. The van der Waals surface area contributed by atoms with Gasteiger partial charge in [0.2, 0.25) is 0 Å². The van der Waals surface area contributed by atoms with Crippen molar-refractivity contribution in [1.29, 1.82) is 0 Å². The summed E-state index contributed by atoms with van der Waals surface area (Å²) in [6.45, 7) is 4.10. The molecule has 3 heteroatoms. The standard InChI is InChI=1S/C12H17F2N/c1-3-9-4-5-10(13)11(12(9)14)8(2)6-7-15/h4-5,8H,3,6-7,15H2,1-2H3. The fourth-order valence-corrected chi connectivity index (χ4v) is 1.73. The second-order valence-corrected chi connectivity index (χ2v) is 3.77. The molecule has 0 saturated carbocycles. The van der Waals surface area contributed by atoms with E-state index in [2.05, 4.69) is 0 Å². The third-order valence-electron chi connectivity index (χ3n) is 2.68. The largest absolute Gasteiger partial charge is 0.330 e. The summed E-state index contributed by atoms with van der Waals surface area (Å²) in [5.41, 5.74) is 6.14. The maximum Gasteiger partial charge on any atom is 0.132 e. The van der Waals surface area contributed by atoms with E-state index < -0.39 is 11.6 Å². The summed E-state index contributed by atoms with van der Waals surface area (Å²) in [5.74, 6) is -1.04. The van der Waals surface area contributed by atoms with Crippen molar-refractivity contribution in [2.75, 3.05) is 6.54 Å². The molecule has 0 aliphatic carbocycles. The van der Waals surface area contributed by atoms with Crippen molar-refractivity contribution < 1.29 is 8.78 Å². The van der Waals surface area contributed by atoms with Gasteiger partial charge in [-0.2, -0.15) is 0 Å². The summed E-state index contributed by atoms with van der Waals surface area (Å²) >= 11 is 0. The Hall–Kier alpha value is -0.960. The molecule has 1 aromatic carbocycles. The Morgan fingerprint density at radius 1 is 1.33 bits per heavy atom. The summed E-state index contributed by atoms with van der Waals surface area (Å²) in [6.07, 6.45) is 1.18. The van der Waals surface area contributed by atoms with Gasteiger partial charge in [-0.3, -0.25) is 0 Å². The number of rotatable bonds is 4. The molecular weight excluding hydrogens is 196 g/mol. The Balaban J connectivity index is 3.14. The van der Waals surface area contributed by atoms with Crippen molar-refractivity contribution in [3.05, 3.63) is 34.9 Å². The zero-order valence-corrected chi connectivity index (χ0v) is 9.19. The Bertz CT molecular complexity index is 337. The molecule has 1 unspecified atom stereocenters. The van der Waals surface area contributed by atoms with Gasteiger partial charge in [-0.25, -0.2) is 8.78 Å². The number of hydrogen-bond acceptors (Lipinski definition) is 1. The van der Waals surface area contributed by atoms with E-state index in [1.165, 1.54) is 12.1 Å². The van der Waals surface area contributed by atoms with Gasteiger partial charge in [0.25, 0.3) is 0 Å². The zero-order valence-electron chi connectivity index (χ0n) is 9.19. The first-order chi connectivity index (χ1) is 7.11. The number of benzene rings is 1. The first kappa shape index (κ1) is 12.1. The van der Waals surface area contributed by atoms with Gasteiger partial charge in [-0.15, -0.1) is 0 Å². The zero-order chi connectivity index (χ0) is 11.4. The van der Waals surface area contributed by atoms with Gasteiger partial charge in [-0.1, -0.05) is 19.9 Å². The number of aryl methyl sites for hydroxylation is 1. The molecule has 15 heavy (non-hydrogen) atoms. The number of hydrogen-bond donors (Lipinski definition) is 1. The molecule has 0 aliphatic heterocycles. The van der Waals surface area contributed by atoms with Crippen molar-refractivity contribution in [3.63, 3.8) is 0 Å². The molecule has 0 radical (unpaired) electrons. The minimum absolute atomic E-state index is 0.165. The molecule has 0 spiro atoms. The Labute approximate surface area is 89.3 Å². The third kappa shape index (κ3) is 2.53. The second-order valence-electron chi connectivity index (χ2n) is 3.77. The molecular formula is C12H17F2N. The molecule has 1 nitrogen and oxygen atoms in total. The van der Waals surface area contributed by atoms with Gasteiger partial charge >= 0.3 is 0 Å². The van der Waals surface area contributed by atoms with Gasteiger partial charge in [0, 0.05) is 5.56 Å². The van der Waals surface area contributed by atoms with Crippen LogP contribution in [0.4, 0.5) is 8.78 Å². The Kier molecular flexibility index (Phi) is 4.21. The normalized spacial score (nSPS) is 12.9. The molecule has 1 atom stereocenters. The highest BCUT2D eigenvalue weighted by Crippen LogP contribution is 2.27. The van der Waals surface area contributed by atoms with E-state index in [4.69, 9.17) is 5.73 Å². The maximum atomic E-state index is 13.8. The maximum absolute atomic E-state index is 13.8. The predicted molar refractivity (Wildman–Crippen MR) is 57.8 cm³/mol. The van der Waals surface area contributed by atoms with Crippen LogP contribution in [-0.4, -0.2) is 6.54 Å². The van der Waals surface area contributed by atoms with Crippen LogP contribution in [0.5, 0.6) is 0 Å². The third-order valence-corrected chi connectivity index (χ3v) is 2.68. The monoisotopic (exact) mass is 213 g/mol. The van der Waals surface area contributed by atoms with Crippen molar-refractivity contribution >= 4 is 0 Å². The van der Waals surface area contributed by atoms with E-state index in [1.54, 1.807) is 6.92 Å². The lowest BCUT2D eigenvalue weighted by molar-refractivity contribution is 0.516. The number of nitrogens with two attached hydrogens (primary N) is 1. The van der Waals surface area contributed by atoms with Crippen LogP contribution in [0.2, 0.25) is 0 Å². The summed E-state index contributed by atoms with van der Waals surface area (Å²) < 4.78 is 27.3. The van der Waals surface area contributed by atoms with Crippen molar-refractivity contribution in [3.8, 4) is 0 Å². The average molecular weight is 213 g/mol. The first-order valence-corrected chi connectivity index (χ1v) is 5.28. The van der Waals surface area contributed by atoms with Crippen molar-refractivity contribution in [1.82, 2.24) is 0 Å². The summed E-state index contributed by atoms with van der Waals surface area (Å²) in [6, 6.07) is 2.84. The topological polar surface area (TPSA) is 26.0 Å². The molecule has 0 aliphatic rings. The lowest BCUT2D eigenvalue weighted by Crippen LogP contribution is -2.09. The van der Waals surface area contributed by atoms with Crippen LogP contribution in [0.15, 0.2) is 12.1 Å². The Morgan fingerprint density at radius 3 is 2.53 bits per heavy atom. The molecule has 0 fully saturated rings. The highest BCUT2D eigenvalue weighted by Gasteiger charge is 2.17. The van der Waals surface area contributed by atoms with Gasteiger partial charge < -0.3 is 5.73 Å². The fraction of sp³-hybridized carbons (Fsp3) is 0.500. The van der Waals surface area contributed by atoms with Crippen LogP contribution >= 0.6 is 0 Å². The SMILES string of the molecule is CCc1ccc(F)c(C(C)CCN)c1F. The van der Waals surface area contributed by atoms with E-state index >= 15 is 0 Å². The lowest BCUT2D eigenvalue weighted by Gasteiger charge is -2.14. The van der Waals surface area contributed by atoms with E-state index in [1.807, 2.05) is 6.92 Å². The quantitative estimate of drug-likeness (QED) is 0.817. The van der Waals surface area contributed by atoms with Gasteiger partial charge in [0.15, 0.2) is 0 Å². The van der Waals surface area contributed by atoms with E-state index in [0.717, 1.165) is 0 Å². The Morgan fingerprint density at radius 2 is 2.00 bits per heavy atom. The molecule has 0 amide bonds. The average Bonchev–Trinajstić information content (AvgIpc) is 2.18. The second kappa shape index (κ2) is 5.21. The van der Waals surface area contributed by atoms with E-state index in [0.29, 0.717) is 24.9 Å². The van der Waals surface area contributed by atoms with Gasteiger partial charge in [-0.05, 0) is 36.9 Å². The molecule has 0 aromatic heterocycles. The van der Waals surface area contributed by atoms with Crippen LogP contribution in [-0.2, 0) is 6.42 Å². The van der Waals surface area contributed by atoms with Gasteiger partial charge in [0.1, 0.15) is 11.6 Å². The highest BCUT2D eigenvalue weighted by molar-refractivity contribution is 5.30.